The highest BCUT2D eigenvalue weighted by atomic mass is 35.5. The van der Waals surface area contributed by atoms with E-state index in [-0.39, 0.29) is 0 Å². The molecule has 1 heterocycles. The minimum absolute atomic E-state index is 0.394. The highest BCUT2D eigenvalue weighted by molar-refractivity contribution is 6.32. The Kier molecular flexibility index (Phi) is 5.73. The first kappa shape index (κ1) is 18.5. The molecule has 0 atom stereocenters. The Balaban J connectivity index is 1.58. The second kappa shape index (κ2) is 8.37. The van der Waals surface area contributed by atoms with Crippen LogP contribution in [0.5, 0.6) is 17.4 Å². The molecule has 2 N–H and O–H groups in total. The predicted molar refractivity (Wildman–Crippen MR) is 104 cm³/mol. The maximum absolute atomic E-state index is 12.1. The molecule has 27 heavy (non-hydrogen) atoms. The molecule has 2 aromatic carbocycles. The lowest BCUT2D eigenvalue weighted by atomic mass is 10.3. The molecule has 2 amide bonds. The van der Waals surface area contributed by atoms with Gasteiger partial charge >= 0.3 is 6.03 Å². The Morgan fingerprint density at radius 2 is 1.67 bits per heavy atom. The van der Waals surface area contributed by atoms with Crippen LogP contribution in [0.1, 0.15) is 5.69 Å². The van der Waals surface area contributed by atoms with Gasteiger partial charge in [-0.2, -0.15) is 5.10 Å². The maximum Gasteiger partial charge on any atom is 0.323 e. The fourth-order valence-corrected chi connectivity index (χ4v) is 2.46. The van der Waals surface area contributed by atoms with Gasteiger partial charge in [0.15, 0.2) is 0 Å². The molecule has 1 aromatic heterocycles. The first-order valence-corrected chi connectivity index (χ1v) is 8.41. The zero-order chi connectivity index (χ0) is 19.2. The number of ether oxygens (including phenoxy) is 2. The molecule has 0 radical (unpaired) electrons. The fourth-order valence-electron chi connectivity index (χ4n) is 2.21. The van der Waals surface area contributed by atoms with E-state index in [2.05, 4.69) is 20.8 Å². The molecule has 138 valence electrons. The van der Waals surface area contributed by atoms with E-state index < -0.39 is 6.03 Å². The van der Waals surface area contributed by atoms with Crippen LogP contribution in [0.25, 0.3) is 0 Å². The second-order valence-electron chi connectivity index (χ2n) is 5.57. The maximum atomic E-state index is 12.1. The number of urea groups is 1. The summed E-state index contributed by atoms with van der Waals surface area (Å²) in [4.78, 5) is 12.1. The number of nitrogens with one attached hydrogen (secondary N) is 2. The highest BCUT2D eigenvalue weighted by Gasteiger charge is 2.07. The summed E-state index contributed by atoms with van der Waals surface area (Å²) in [6, 6.07) is 15.0. The molecular formula is C19H17ClN4O3. The smallest absolute Gasteiger partial charge is 0.323 e. The van der Waals surface area contributed by atoms with Gasteiger partial charge in [-0.05, 0) is 55.5 Å². The van der Waals surface area contributed by atoms with E-state index in [1.54, 1.807) is 48.5 Å². The van der Waals surface area contributed by atoms with E-state index in [0.717, 1.165) is 5.69 Å². The number of aryl methyl sites for hydroxylation is 1. The van der Waals surface area contributed by atoms with Gasteiger partial charge in [-0.1, -0.05) is 11.6 Å². The van der Waals surface area contributed by atoms with Crippen molar-refractivity contribution in [2.45, 2.75) is 6.92 Å². The lowest BCUT2D eigenvalue weighted by molar-refractivity contribution is 0.262. The number of benzene rings is 2. The summed E-state index contributed by atoms with van der Waals surface area (Å²) in [5.41, 5.74) is 1.97. The van der Waals surface area contributed by atoms with Crippen LogP contribution in [-0.2, 0) is 0 Å². The molecule has 7 nitrogen and oxygen atoms in total. The van der Waals surface area contributed by atoms with Crippen LogP contribution in [-0.4, -0.2) is 23.3 Å². The van der Waals surface area contributed by atoms with Crippen molar-refractivity contribution in [3.8, 4) is 17.4 Å². The zero-order valence-electron chi connectivity index (χ0n) is 14.7. The molecule has 0 unspecified atom stereocenters. The van der Waals surface area contributed by atoms with Crippen molar-refractivity contribution < 1.29 is 14.3 Å². The Bertz CT molecular complexity index is 931. The van der Waals surface area contributed by atoms with Gasteiger partial charge in [-0.15, -0.1) is 5.10 Å². The quantitative estimate of drug-likeness (QED) is 0.654. The van der Waals surface area contributed by atoms with E-state index in [4.69, 9.17) is 21.1 Å². The highest BCUT2D eigenvalue weighted by Crippen LogP contribution is 2.27. The summed E-state index contributed by atoms with van der Waals surface area (Å²) in [6.07, 6.45) is 0. The third-order valence-electron chi connectivity index (χ3n) is 3.52. The third-order valence-corrected chi connectivity index (χ3v) is 3.81. The van der Waals surface area contributed by atoms with Crippen LogP contribution in [0.15, 0.2) is 54.6 Å². The molecule has 0 saturated carbocycles. The van der Waals surface area contributed by atoms with E-state index in [9.17, 15) is 4.79 Å². The molecule has 0 aliphatic carbocycles. The molecule has 3 aromatic rings. The molecule has 3 rings (SSSR count). The summed E-state index contributed by atoms with van der Waals surface area (Å²) in [7, 11) is 1.53. The largest absolute Gasteiger partial charge is 0.495 e. The minimum atomic E-state index is -0.394. The summed E-state index contributed by atoms with van der Waals surface area (Å²) in [5.74, 6) is 1.52. The summed E-state index contributed by atoms with van der Waals surface area (Å²) >= 11 is 6.05. The van der Waals surface area contributed by atoms with E-state index >= 15 is 0 Å². The monoisotopic (exact) mass is 384 g/mol. The first-order valence-electron chi connectivity index (χ1n) is 8.03. The molecule has 0 aliphatic heterocycles. The van der Waals surface area contributed by atoms with Crippen molar-refractivity contribution in [2.75, 3.05) is 17.7 Å². The Morgan fingerprint density at radius 3 is 2.30 bits per heavy atom. The van der Waals surface area contributed by atoms with Gasteiger partial charge in [-0.3, -0.25) is 0 Å². The van der Waals surface area contributed by atoms with E-state index in [1.807, 2.05) is 13.0 Å². The molecule has 0 aliphatic rings. The van der Waals surface area contributed by atoms with Gasteiger partial charge in [0.2, 0.25) is 5.88 Å². The molecule has 0 fully saturated rings. The number of carbonyl (C=O) groups excluding carboxylic acids is 1. The van der Waals surface area contributed by atoms with Crippen LogP contribution in [0.3, 0.4) is 0 Å². The summed E-state index contributed by atoms with van der Waals surface area (Å²) < 4.78 is 10.7. The Labute approximate surface area is 161 Å². The zero-order valence-corrected chi connectivity index (χ0v) is 15.4. The van der Waals surface area contributed by atoms with Crippen molar-refractivity contribution in [1.29, 1.82) is 0 Å². The van der Waals surface area contributed by atoms with Crippen molar-refractivity contribution in [2.24, 2.45) is 0 Å². The summed E-state index contributed by atoms with van der Waals surface area (Å²) in [6.45, 7) is 1.85. The number of halogens is 1. The lowest BCUT2D eigenvalue weighted by Gasteiger charge is -2.10. The van der Waals surface area contributed by atoms with Crippen LogP contribution < -0.4 is 20.1 Å². The van der Waals surface area contributed by atoms with Crippen molar-refractivity contribution in [3.63, 3.8) is 0 Å². The van der Waals surface area contributed by atoms with Crippen LogP contribution in [0, 0.1) is 6.92 Å². The third kappa shape index (κ3) is 5.08. The number of nitrogens with zero attached hydrogens (tertiary/aromatic N) is 2. The first-order chi connectivity index (χ1) is 13.0. The van der Waals surface area contributed by atoms with Crippen molar-refractivity contribution in [1.82, 2.24) is 10.2 Å². The number of amides is 2. The number of hydrogen-bond donors (Lipinski definition) is 2. The van der Waals surface area contributed by atoms with Gasteiger partial charge in [0.25, 0.3) is 0 Å². The van der Waals surface area contributed by atoms with Gasteiger partial charge in [0.1, 0.15) is 11.5 Å². The normalized spacial score (nSPS) is 10.2. The number of rotatable bonds is 5. The average molecular weight is 385 g/mol. The topological polar surface area (TPSA) is 85.4 Å². The minimum Gasteiger partial charge on any atom is -0.495 e. The van der Waals surface area contributed by atoms with Gasteiger partial charge in [0.05, 0.1) is 17.8 Å². The predicted octanol–water partition coefficient (Wildman–Crippen LogP) is 4.88. The van der Waals surface area contributed by atoms with Crippen LogP contribution in [0.4, 0.5) is 16.2 Å². The standard InChI is InChI=1S/C19H17ClN4O3/c1-12-3-10-18(24-23-12)27-15-7-4-13(5-8-15)21-19(25)22-14-6-9-17(26-2)16(20)11-14/h3-11H,1-2H3,(H2,21,22,25). The van der Waals surface area contributed by atoms with Gasteiger partial charge < -0.3 is 20.1 Å². The average Bonchev–Trinajstić information content (AvgIpc) is 2.65. The molecule has 0 saturated heterocycles. The number of hydrogen-bond acceptors (Lipinski definition) is 5. The Morgan fingerprint density at radius 1 is 0.963 bits per heavy atom. The van der Waals surface area contributed by atoms with Crippen LogP contribution >= 0.6 is 11.6 Å². The summed E-state index contributed by atoms with van der Waals surface area (Å²) in [5, 5.41) is 13.7. The van der Waals surface area contributed by atoms with Crippen LogP contribution in [0.2, 0.25) is 5.02 Å². The van der Waals surface area contributed by atoms with E-state index in [1.165, 1.54) is 7.11 Å². The second-order valence-corrected chi connectivity index (χ2v) is 5.98. The van der Waals surface area contributed by atoms with Gasteiger partial charge in [-0.25, -0.2) is 4.79 Å². The molecule has 8 heteroatoms. The number of methoxy groups -OCH3 is 1. The number of carbonyl (C=O) groups is 1. The van der Waals surface area contributed by atoms with E-state index in [0.29, 0.717) is 33.8 Å². The van der Waals surface area contributed by atoms with Crippen molar-refractivity contribution in [3.05, 3.63) is 65.3 Å². The molecule has 0 bridgehead atoms. The Hall–Kier alpha value is -3.32. The fraction of sp³-hybridized carbons (Fsp3) is 0.105. The SMILES string of the molecule is COc1ccc(NC(=O)Nc2ccc(Oc3ccc(C)nn3)cc2)cc1Cl. The number of aromatic nitrogens is 2. The lowest BCUT2D eigenvalue weighted by Crippen LogP contribution is -2.19. The van der Waals surface area contributed by atoms with Gasteiger partial charge in [0, 0.05) is 17.4 Å². The van der Waals surface area contributed by atoms with Crippen molar-refractivity contribution >= 4 is 29.0 Å². The molecular weight excluding hydrogens is 368 g/mol. The molecule has 0 spiro atoms. The number of anilines is 2.